The van der Waals surface area contributed by atoms with E-state index >= 15 is 0 Å². The standard InChI is InChI=1S/C20H23N5O3S/c1-12-5-7-15(8-6-12)29-11-17(27)23-22-16(26)10-28-20-18-13(2)9-14(3)21-19(18)25(4)24-20/h5-9H,10-11H2,1-4H3,(H,22,26)(H,23,27). The van der Waals surface area contributed by atoms with Gasteiger partial charge in [0.2, 0.25) is 11.8 Å². The van der Waals surface area contributed by atoms with Gasteiger partial charge in [-0.3, -0.25) is 20.4 Å². The second kappa shape index (κ2) is 8.95. The summed E-state index contributed by atoms with van der Waals surface area (Å²) >= 11 is 1.39. The number of fused-ring (bicyclic) bond motifs is 1. The van der Waals surface area contributed by atoms with E-state index in [0.717, 1.165) is 27.1 Å². The SMILES string of the molecule is Cc1ccc(SCC(=O)NNC(=O)COc2nn(C)c3nc(C)cc(C)c23)cc1. The predicted octanol–water partition coefficient (Wildman–Crippen LogP) is 2.21. The lowest BCUT2D eigenvalue weighted by atomic mass is 10.2. The Balaban J connectivity index is 1.48. The van der Waals surface area contributed by atoms with Crippen LogP contribution in [0.15, 0.2) is 35.2 Å². The molecule has 0 fully saturated rings. The van der Waals surface area contributed by atoms with E-state index in [0.29, 0.717) is 11.5 Å². The van der Waals surface area contributed by atoms with Crippen molar-refractivity contribution >= 4 is 34.6 Å². The Morgan fingerprint density at radius 2 is 1.79 bits per heavy atom. The number of hydrogen-bond acceptors (Lipinski definition) is 6. The van der Waals surface area contributed by atoms with Gasteiger partial charge in [0, 0.05) is 17.6 Å². The van der Waals surface area contributed by atoms with Crippen molar-refractivity contribution in [1.82, 2.24) is 25.6 Å². The number of carbonyl (C=O) groups excluding carboxylic acids is 2. The molecule has 0 radical (unpaired) electrons. The van der Waals surface area contributed by atoms with Gasteiger partial charge in [0.05, 0.1) is 11.1 Å². The number of pyridine rings is 1. The van der Waals surface area contributed by atoms with Crippen LogP contribution in [0.2, 0.25) is 0 Å². The molecule has 8 nitrogen and oxygen atoms in total. The Hall–Kier alpha value is -3.07. The summed E-state index contributed by atoms with van der Waals surface area (Å²) in [4.78, 5) is 29.4. The molecular formula is C20H23N5O3S. The van der Waals surface area contributed by atoms with Gasteiger partial charge >= 0.3 is 0 Å². The summed E-state index contributed by atoms with van der Waals surface area (Å²) in [6.45, 7) is 5.58. The van der Waals surface area contributed by atoms with Gasteiger partial charge < -0.3 is 4.74 Å². The summed E-state index contributed by atoms with van der Waals surface area (Å²) in [6.07, 6.45) is 0. The molecule has 9 heteroatoms. The number of hydrazine groups is 1. The molecule has 0 atom stereocenters. The van der Waals surface area contributed by atoms with Gasteiger partial charge in [0.15, 0.2) is 12.3 Å². The maximum atomic E-state index is 12.0. The molecule has 1 aromatic carbocycles. The molecule has 29 heavy (non-hydrogen) atoms. The average Bonchev–Trinajstić information content (AvgIpc) is 3.00. The average molecular weight is 414 g/mol. The van der Waals surface area contributed by atoms with Crippen LogP contribution in [0.1, 0.15) is 16.8 Å². The number of amides is 2. The van der Waals surface area contributed by atoms with E-state index in [9.17, 15) is 9.59 Å². The highest BCUT2D eigenvalue weighted by atomic mass is 32.2. The van der Waals surface area contributed by atoms with Crippen LogP contribution < -0.4 is 15.6 Å². The van der Waals surface area contributed by atoms with Crippen molar-refractivity contribution in [3.63, 3.8) is 0 Å². The van der Waals surface area contributed by atoms with Crippen molar-refractivity contribution in [1.29, 1.82) is 0 Å². The van der Waals surface area contributed by atoms with Crippen molar-refractivity contribution in [3.05, 3.63) is 47.2 Å². The fourth-order valence-corrected chi connectivity index (χ4v) is 3.48. The van der Waals surface area contributed by atoms with Crippen molar-refractivity contribution in [2.24, 2.45) is 7.05 Å². The number of aromatic nitrogens is 3. The summed E-state index contributed by atoms with van der Waals surface area (Å²) in [5.74, 6) is -0.249. The topological polar surface area (TPSA) is 98.1 Å². The summed E-state index contributed by atoms with van der Waals surface area (Å²) in [5.41, 5.74) is 8.44. The minimum Gasteiger partial charge on any atom is -0.466 e. The molecule has 2 aromatic heterocycles. The summed E-state index contributed by atoms with van der Waals surface area (Å²) in [6, 6.07) is 9.81. The molecule has 0 saturated heterocycles. The number of aryl methyl sites for hydroxylation is 4. The molecule has 3 rings (SSSR count). The lowest BCUT2D eigenvalue weighted by Gasteiger charge is -2.08. The molecule has 152 valence electrons. The third-order valence-corrected chi connectivity index (χ3v) is 5.17. The van der Waals surface area contributed by atoms with Crippen molar-refractivity contribution < 1.29 is 14.3 Å². The highest BCUT2D eigenvalue weighted by molar-refractivity contribution is 8.00. The Morgan fingerprint density at radius 3 is 2.52 bits per heavy atom. The molecule has 0 aliphatic rings. The monoisotopic (exact) mass is 413 g/mol. The van der Waals surface area contributed by atoms with Gasteiger partial charge in [-0.05, 0) is 44.5 Å². The zero-order chi connectivity index (χ0) is 21.0. The Labute approximate surface area is 173 Å². The summed E-state index contributed by atoms with van der Waals surface area (Å²) in [5, 5.41) is 5.06. The molecule has 2 N–H and O–H groups in total. The summed E-state index contributed by atoms with van der Waals surface area (Å²) < 4.78 is 7.17. The van der Waals surface area contributed by atoms with Crippen LogP contribution in [-0.4, -0.2) is 38.9 Å². The highest BCUT2D eigenvalue weighted by Gasteiger charge is 2.15. The van der Waals surface area contributed by atoms with Crippen LogP contribution in [0.4, 0.5) is 0 Å². The smallest absolute Gasteiger partial charge is 0.276 e. The second-order valence-electron chi connectivity index (χ2n) is 6.69. The lowest BCUT2D eigenvalue weighted by Crippen LogP contribution is -2.44. The van der Waals surface area contributed by atoms with Crippen LogP contribution in [0.25, 0.3) is 11.0 Å². The molecule has 3 aromatic rings. The van der Waals surface area contributed by atoms with Crippen LogP contribution >= 0.6 is 11.8 Å². The van der Waals surface area contributed by atoms with Gasteiger partial charge in [0.25, 0.3) is 5.91 Å². The van der Waals surface area contributed by atoms with Crippen molar-refractivity contribution in [3.8, 4) is 5.88 Å². The van der Waals surface area contributed by atoms with Crippen molar-refractivity contribution in [2.45, 2.75) is 25.7 Å². The molecule has 0 saturated carbocycles. The van der Waals surface area contributed by atoms with Gasteiger partial charge in [-0.1, -0.05) is 17.7 Å². The van der Waals surface area contributed by atoms with E-state index in [-0.39, 0.29) is 18.3 Å². The molecule has 0 spiro atoms. The molecule has 0 unspecified atom stereocenters. The Morgan fingerprint density at radius 1 is 1.10 bits per heavy atom. The van der Waals surface area contributed by atoms with Gasteiger partial charge in [0.1, 0.15) is 0 Å². The molecule has 2 amide bonds. The Kier molecular flexibility index (Phi) is 6.38. The third-order valence-electron chi connectivity index (χ3n) is 4.16. The van der Waals surface area contributed by atoms with Gasteiger partial charge in [-0.25, -0.2) is 9.67 Å². The summed E-state index contributed by atoms with van der Waals surface area (Å²) in [7, 11) is 1.77. The largest absolute Gasteiger partial charge is 0.466 e. The number of carbonyl (C=O) groups is 2. The van der Waals surface area contributed by atoms with Gasteiger partial charge in [-0.2, -0.15) is 0 Å². The first-order chi connectivity index (χ1) is 13.8. The molecular weight excluding hydrogens is 390 g/mol. The number of nitrogens with one attached hydrogen (secondary N) is 2. The normalized spacial score (nSPS) is 10.8. The van der Waals surface area contributed by atoms with E-state index in [1.54, 1.807) is 11.7 Å². The second-order valence-corrected chi connectivity index (χ2v) is 7.74. The highest BCUT2D eigenvalue weighted by Crippen LogP contribution is 2.26. The van der Waals surface area contributed by atoms with E-state index in [1.807, 2.05) is 51.1 Å². The first kappa shape index (κ1) is 20.7. The van der Waals surface area contributed by atoms with E-state index < -0.39 is 5.91 Å². The molecule has 0 bridgehead atoms. The fourth-order valence-electron chi connectivity index (χ4n) is 2.78. The third kappa shape index (κ3) is 5.26. The maximum absolute atomic E-state index is 12.0. The minimum absolute atomic E-state index is 0.194. The lowest BCUT2D eigenvalue weighted by molar-refractivity contribution is -0.128. The van der Waals surface area contributed by atoms with Crippen LogP contribution in [0.5, 0.6) is 5.88 Å². The van der Waals surface area contributed by atoms with Crippen LogP contribution in [-0.2, 0) is 16.6 Å². The quantitative estimate of drug-likeness (QED) is 0.475. The first-order valence-corrected chi connectivity index (χ1v) is 10.0. The van der Waals surface area contributed by atoms with Crippen LogP contribution in [0, 0.1) is 20.8 Å². The zero-order valence-electron chi connectivity index (χ0n) is 16.8. The van der Waals surface area contributed by atoms with E-state index in [2.05, 4.69) is 20.9 Å². The number of nitrogens with zero attached hydrogens (tertiary/aromatic N) is 3. The zero-order valence-corrected chi connectivity index (χ0v) is 17.6. The first-order valence-electron chi connectivity index (χ1n) is 9.04. The van der Waals surface area contributed by atoms with Gasteiger partial charge in [-0.15, -0.1) is 16.9 Å². The van der Waals surface area contributed by atoms with Crippen molar-refractivity contribution in [2.75, 3.05) is 12.4 Å². The molecule has 0 aliphatic heterocycles. The maximum Gasteiger partial charge on any atom is 0.276 e. The van der Waals surface area contributed by atoms with E-state index in [1.165, 1.54) is 11.8 Å². The molecule has 0 aliphatic carbocycles. The van der Waals surface area contributed by atoms with Crippen LogP contribution in [0.3, 0.4) is 0 Å². The number of rotatable bonds is 6. The Bertz CT molecular complexity index is 1050. The minimum atomic E-state index is -0.477. The number of ether oxygens (including phenoxy) is 1. The predicted molar refractivity (Wildman–Crippen MR) is 112 cm³/mol. The number of hydrogen-bond donors (Lipinski definition) is 2. The number of thioether (sulfide) groups is 1. The number of benzene rings is 1. The fraction of sp³-hybridized carbons (Fsp3) is 0.300. The molecule has 2 heterocycles. The van der Waals surface area contributed by atoms with E-state index in [4.69, 9.17) is 4.74 Å².